The molecule has 2 rings (SSSR count). The summed E-state index contributed by atoms with van der Waals surface area (Å²) in [4.78, 5) is -0.177. The lowest BCUT2D eigenvalue weighted by atomic mass is 10.3. The Labute approximate surface area is 121 Å². The SMILES string of the molecule is O=S(=O)(Nc1cc(F)cc(F)c1F)c1ccccc1Br. The highest BCUT2D eigenvalue weighted by molar-refractivity contribution is 9.10. The second-order valence-corrected chi connectivity index (χ2v) is 6.29. The van der Waals surface area contributed by atoms with Crippen LogP contribution >= 0.6 is 15.9 Å². The van der Waals surface area contributed by atoms with Crippen LogP contribution < -0.4 is 4.72 Å². The van der Waals surface area contributed by atoms with Crippen molar-refractivity contribution in [2.75, 3.05) is 4.72 Å². The minimum Gasteiger partial charge on any atom is -0.276 e. The van der Waals surface area contributed by atoms with Gasteiger partial charge in [-0.15, -0.1) is 0 Å². The summed E-state index contributed by atoms with van der Waals surface area (Å²) in [5.41, 5.74) is -0.793. The first-order valence-corrected chi connectivity index (χ1v) is 7.51. The Balaban J connectivity index is 2.47. The highest BCUT2D eigenvalue weighted by Crippen LogP contribution is 2.26. The van der Waals surface area contributed by atoms with Crippen LogP contribution in [0.15, 0.2) is 45.8 Å². The van der Waals surface area contributed by atoms with E-state index in [1.54, 1.807) is 6.07 Å². The van der Waals surface area contributed by atoms with E-state index in [0.29, 0.717) is 12.1 Å². The van der Waals surface area contributed by atoms with Crippen LogP contribution in [0.3, 0.4) is 0 Å². The lowest BCUT2D eigenvalue weighted by molar-refractivity contribution is 0.498. The van der Waals surface area contributed by atoms with Gasteiger partial charge in [-0.05, 0) is 28.1 Å². The standard InChI is InChI=1S/C12H7BrF3NO2S/c13-8-3-1-2-4-11(8)20(18,19)17-10-6-7(14)5-9(15)12(10)16/h1-6,17H. The summed E-state index contributed by atoms with van der Waals surface area (Å²) in [6.45, 7) is 0. The summed E-state index contributed by atoms with van der Waals surface area (Å²) >= 11 is 3.03. The normalized spacial score (nSPS) is 11.4. The molecule has 0 aliphatic carbocycles. The zero-order valence-electron chi connectivity index (χ0n) is 9.70. The summed E-state index contributed by atoms with van der Waals surface area (Å²) in [5.74, 6) is -4.04. The Hall–Kier alpha value is -1.54. The molecular formula is C12H7BrF3NO2S. The maximum absolute atomic E-state index is 13.4. The number of sulfonamides is 1. The molecule has 3 nitrogen and oxygen atoms in total. The van der Waals surface area contributed by atoms with Crippen molar-refractivity contribution >= 4 is 31.6 Å². The average Bonchev–Trinajstić information content (AvgIpc) is 2.35. The molecule has 0 saturated carbocycles. The number of nitrogens with one attached hydrogen (secondary N) is 1. The molecule has 0 amide bonds. The molecule has 0 radical (unpaired) electrons. The smallest absolute Gasteiger partial charge is 0.263 e. The number of rotatable bonds is 3. The van der Waals surface area contributed by atoms with Gasteiger partial charge in [-0.3, -0.25) is 4.72 Å². The van der Waals surface area contributed by atoms with Gasteiger partial charge in [0, 0.05) is 16.6 Å². The van der Waals surface area contributed by atoms with Crippen molar-refractivity contribution in [3.63, 3.8) is 0 Å². The average molecular weight is 366 g/mol. The zero-order chi connectivity index (χ0) is 14.9. The minimum atomic E-state index is -4.17. The second-order valence-electron chi connectivity index (χ2n) is 3.79. The van der Waals surface area contributed by atoms with Gasteiger partial charge < -0.3 is 0 Å². The molecular weight excluding hydrogens is 359 g/mol. The first-order chi connectivity index (χ1) is 9.31. The molecule has 8 heteroatoms. The Morgan fingerprint density at radius 2 is 1.70 bits per heavy atom. The maximum atomic E-state index is 13.4. The number of hydrogen-bond donors (Lipinski definition) is 1. The second kappa shape index (κ2) is 5.45. The van der Waals surface area contributed by atoms with Crippen molar-refractivity contribution in [2.24, 2.45) is 0 Å². The van der Waals surface area contributed by atoms with Gasteiger partial charge in [-0.1, -0.05) is 12.1 Å². The highest BCUT2D eigenvalue weighted by atomic mass is 79.9. The van der Waals surface area contributed by atoms with E-state index in [2.05, 4.69) is 15.9 Å². The fourth-order valence-electron chi connectivity index (χ4n) is 1.49. The van der Waals surface area contributed by atoms with E-state index in [4.69, 9.17) is 0 Å². The fraction of sp³-hybridized carbons (Fsp3) is 0. The predicted octanol–water partition coefficient (Wildman–Crippen LogP) is 3.67. The van der Waals surface area contributed by atoms with Crippen LogP contribution in [0, 0.1) is 17.5 Å². The van der Waals surface area contributed by atoms with Gasteiger partial charge in [0.1, 0.15) is 10.7 Å². The Morgan fingerprint density at radius 1 is 1.05 bits per heavy atom. The monoisotopic (exact) mass is 365 g/mol. The van der Waals surface area contributed by atoms with E-state index in [0.717, 1.165) is 0 Å². The molecule has 0 atom stereocenters. The van der Waals surface area contributed by atoms with Gasteiger partial charge in [0.25, 0.3) is 10.0 Å². The summed E-state index contributed by atoms with van der Waals surface area (Å²) in [6, 6.07) is 6.67. The van der Waals surface area contributed by atoms with Gasteiger partial charge in [-0.2, -0.15) is 0 Å². The van der Waals surface area contributed by atoms with E-state index < -0.39 is 33.2 Å². The molecule has 106 valence electrons. The number of halogens is 4. The van der Waals surface area contributed by atoms with E-state index in [1.807, 2.05) is 4.72 Å². The van der Waals surface area contributed by atoms with Crippen LogP contribution in [-0.4, -0.2) is 8.42 Å². The molecule has 0 aliphatic heterocycles. The molecule has 0 aromatic heterocycles. The minimum absolute atomic E-state index is 0.177. The number of hydrogen-bond acceptors (Lipinski definition) is 2. The van der Waals surface area contributed by atoms with Crippen LogP contribution in [0.25, 0.3) is 0 Å². The van der Waals surface area contributed by atoms with Crippen LogP contribution in [-0.2, 0) is 10.0 Å². The molecule has 2 aromatic carbocycles. The Kier molecular flexibility index (Phi) is 4.05. The van der Waals surface area contributed by atoms with Gasteiger partial charge in [0.2, 0.25) is 0 Å². The van der Waals surface area contributed by atoms with Gasteiger partial charge in [0.05, 0.1) is 5.69 Å². The summed E-state index contributed by atoms with van der Waals surface area (Å²) in [7, 11) is -4.17. The van der Waals surface area contributed by atoms with E-state index in [9.17, 15) is 21.6 Å². The first kappa shape index (κ1) is 14.9. The molecule has 0 bridgehead atoms. The van der Waals surface area contributed by atoms with Crippen LogP contribution in [0.2, 0.25) is 0 Å². The number of benzene rings is 2. The van der Waals surface area contributed by atoms with Crippen molar-refractivity contribution < 1.29 is 21.6 Å². The maximum Gasteiger partial charge on any atom is 0.263 e. The lowest BCUT2D eigenvalue weighted by Gasteiger charge is -2.10. The van der Waals surface area contributed by atoms with Crippen LogP contribution in [0.4, 0.5) is 18.9 Å². The van der Waals surface area contributed by atoms with E-state index in [1.165, 1.54) is 18.2 Å². The quantitative estimate of drug-likeness (QED) is 0.843. The van der Waals surface area contributed by atoms with Crippen molar-refractivity contribution in [3.05, 3.63) is 58.3 Å². The topological polar surface area (TPSA) is 46.2 Å². The molecule has 0 spiro atoms. The van der Waals surface area contributed by atoms with Crippen molar-refractivity contribution in [3.8, 4) is 0 Å². The van der Waals surface area contributed by atoms with Gasteiger partial charge in [-0.25, -0.2) is 21.6 Å². The largest absolute Gasteiger partial charge is 0.276 e. The Morgan fingerprint density at radius 3 is 2.35 bits per heavy atom. The molecule has 2 aromatic rings. The summed E-state index contributed by atoms with van der Waals surface area (Å²) in [5, 5.41) is 0. The zero-order valence-corrected chi connectivity index (χ0v) is 12.1. The Bertz CT molecular complexity index is 765. The summed E-state index contributed by atoms with van der Waals surface area (Å²) < 4.78 is 65.6. The van der Waals surface area contributed by atoms with E-state index in [-0.39, 0.29) is 9.37 Å². The molecule has 0 unspecified atom stereocenters. The predicted molar refractivity (Wildman–Crippen MR) is 71.3 cm³/mol. The molecule has 20 heavy (non-hydrogen) atoms. The van der Waals surface area contributed by atoms with E-state index >= 15 is 0 Å². The van der Waals surface area contributed by atoms with Gasteiger partial charge in [0.15, 0.2) is 11.6 Å². The first-order valence-electron chi connectivity index (χ1n) is 5.23. The third-order valence-electron chi connectivity index (χ3n) is 2.36. The van der Waals surface area contributed by atoms with Gasteiger partial charge >= 0.3 is 0 Å². The fourth-order valence-corrected chi connectivity index (χ4v) is 3.55. The van der Waals surface area contributed by atoms with Crippen molar-refractivity contribution in [1.29, 1.82) is 0 Å². The lowest BCUT2D eigenvalue weighted by Crippen LogP contribution is -2.15. The number of anilines is 1. The molecule has 0 aliphatic rings. The third kappa shape index (κ3) is 2.96. The molecule has 0 heterocycles. The highest BCUT2D eigenvalue weighted by Gasteiger charge is 2.21. The van der Waals surface area contributed by atoms with Crippen molar-refractivity contribution in [2.45, 2.75) is 4.90 Å². The van der Waals surface area contributed by atoms with Crippen LogP contribution in [0.5, 0.6) is 0 Å². The summed E-state index contributed by atoms with van der Waals surface area (Å²) in [6.07, 6.45) is 0. The third-order valence-corrected chi connectivity index (χ3v) is 4.74. The van der Waals surface area contributed by atoms with Crippen LogP contribution in [0.1, 0.15) is 0 Å². The molecule has 1 N–H and O–H groups in total. The molecule has 0 saturated heterocycles. The molecule has 0 fully saturated rings. The van der Waals surface area contributed by atoms with Crippen molar-refractivity contribution in [1.82, 2.24) is 0 Å².